The second-order valence-electron chi connectivity index (χ2n) is 3.95. The van der Waals surface area contributed by atoms with Gasteiger partial charge in [0.15, 0.2) is 0 Å². The van der Waals surface area contributed by atoms with Crippen LogP contribution in [0, 0.1) is 0 Å². The number of nitrogens with two attached hydrogens (primary N) is 1. The molecule has 1 aromatic heterocycles. The first-order valence-electron chi connectivity index (χ1n) is 5.77. The van der Waals surface area contributed by atoms with Crippen LogP contribution in [0.1, 0.15) is 5.56 Å². The highest BCUT2D eigenvalue weighted by Crippen LogP contribution is 2.12. The van der Waals surface area contributed by atoms with Gasteiger partial charge in [-0.25, -0.2) is 9.97 Å². The van der Waals surface area contributed by atoms with E-state index in [1.807, 2.05) is 35.2 Å². The third-order valence-electron chi connectivity index (χ3n) is 2.53. The van der Waals surface area contributed by atoms with Crippen LogP contribution in [0.5, 0.6) is 0 Å². The van der Waals surface area contributed by atoms with Gasteiger partial charge >= 0.3 is 0 Å². The standard InChI is InChI=1S/C13H16N4O/c14-12-8-15-13(16-9-12)17(6-7-18)10-11-4-2-1-3-5-11/h1-5,8-9,18H,6-7,10,14H2. The molecule has 1 aromatic carbocycles. The van der Waals surface area contributed by atoms with E-state index in [-0.39, 0.29) is 6.61 Å². The van der Waals surface area contributed by atoms with Crippen molar-refractivity contribution in [3.05, 3.63) is 48.3 Å². The summed E-state index contributed by atoms with van der Waals surface area (Å²) in [6.07, 6.45) is 3.13. The maximum absolute atomic E-state index is 9.11. The van der Waals surface area contributed by atoms with Gasteiger partial charge in [0.1, 0.15) is 0 Å². The number of aliphatic hydroxyl groups excluding tert-OH is 1. The molecule has 0 aliphatic rings. The van der Waals surface area contributed by atoms with Crippen molar-refractivity contribution in [2.24, 2.45) is 0 Å². The average molecular weight is 244 g/mol. The number of benzene rings is 1. The summed E-state index contributed by atoms with van der Waals surface area (Å²) in [7, 11) is 0. The van der Waals surface area contributed by atoms with E-state index in [0.29, 0.717) is 24.7 Å². The maximum Gasteiger partial charge on any atom is 0.225 e. The number of rotatable bonds is 5. The normalized spacial score (nSPS) is 10.3. The number of anilines is 2. The Morgan fingerprint density at radius 2 is 1.78 bits per heavy atom. The molecule has 2 aromatic rings. The molecule has 0 aliphatic heterocycles. The van der Waals surface area contributed by atoms with Gasteiger partial charge in [0.25, 0.3) is 0 Å². The second kappa shape index (κ2) is 5.97. The fourth-order valence-electron chi connectivity index (χ4n) is 1.67. The molecule has 2 rings (SSSR count). The minimum absolute atomic E-state index is 0.0561. The van der Waals surface area contributed by atoms with Gasteiger partial charge in [0.2, 0.25) is 5.95 Å². The quantitative estimate of drug-likeness (QED) is 0.822. The molecule has 0 fully saturated rings. The molecule has 94 valence electrons. The first-order chi connectivity index (χ1) is 8.79. The Kier molecular flexibility index (Phi) is 4.09. The third-order valence-corrected chi connectivity index (χ3v) is 2.53. The van der Waals surface area contributed by atoms with E-state index >= 15 is 0 Å². The lowest BCUT2D eigenvalue weighted by Crippen LogP contribution is -2.27. The van der Waals surface area contributed by atoms with Crippen molar-refractivity contribution < 1.29 is 5.11 Å². The van der Waals surface area contributed by atoms with Crippen LogP contribution in [0.25, 0.3) is 0 Å². The first kappa shape index (κ1) is 12.3. The lowest BCUT2D eigenvalue weighted by atomic mass is 10.2. The van der Waals surface area contributed by atoms with E-state index in [1.165, 1.54) is 0 Å². The summed E-state index contributed by atoms with van der Waals surface area (Å²) in [4.78, 5) is 10.3. The number of nitrogens with zero attached hydrogens (tertiary/aromatic N) is 3. The van der Waals surface area contributed by atoms with Gasteiger partial charge in [-0.3, -0.25) is 0 Å². The smallest absolute Gasteiger partial charge is 0.225 e. The monoisotopic (exact) mass is 244 g/mol. The predicted molar refractivity (Wildman–Crippen MR) is 71.0 cm³/mol. The molecule has 5 heteroatoms. The van der Waals surface area contributed by atoms with E-state index in [4.69, 9.17) is 10.8 Å². The summed E-state index contributed by atoms with van der Waals surface area (Å²) >= 11 is 0. The van der Waals surface area contributed by atoms with Gasteiger partial charge in [0.05, 0.1) is 24.7 Å². The molecule has 0 saturated carbocycles. The number of hydrogen-bond acceptors (Lipinski definition) is 5. The summed E-state index contributed by atoms with van der Waals surface area (Å²) in [5.74, 6) is 0.571. The lowest BCUT2D eigenvalue weighted by molar-refractivity contribution is 0.301. The molecule has 0 atom stereocenters. The van der Waals surface area contributed by atoms with Crippen molar-refractivity contribution in [3.8, 4) is 0 Å². The van der Waals surface area contributed by atoms with Gasteiger partial charge in [0, 0.05) is 13.1 Å². The summed E-state index contributed by atoms with van der Waals surface area (Å²) in [6, 6.07) is 10.00. The van der Waals surface area contributed by atoms with Crippen molar-refractivity contribution in [2.75, 3.05) is 23.8 Å². The number of aliphatic hydroxyl groups is 1. The molecule has 5 nitrogen and oxygen atoms in total. The van der Waals surface area contributed by atoms with Gasteiger partial charge in [-0.1, -0.05) is 30.3 Å². The van der Waals surface area contributed by atoms with Crippen molar-refractivity contribution in [1.82, 2.24) is 9.97 Å². The molecule has 0 unspecified atom stereocenters. The number of nitrogen functional groups attached to an aromatic ring is 1. The van der Waals surface area contributed by atoms with Gasteiger partial charge in [-0.05, 0) is 5.56 Å². The Hall–Kier alpha value is -2.14. The average Bonchev–Trinajstić information content (AvgIpc) is 2.40. The van der Waals surface area contributed by atoms with Crippen LogP contribution in [0.4, 0.5) is 11.6 Å². The molecular weight excluding hydrogens is 228 g/mol. The van der Waals surface area contributed by atoms with E-state index in [1.54, 1.807) is 12.4 Å². The summed E-state index contributed by atoms with van der Waals surface area (Å²) in [5, 5.41) is 9.11. The second-order valence-corrected chi connectivity index (χ2v) is 3.95. The van der Waals surface area contributed by atoms with E-state index < -0.39 is 0 Å². The summed E-state index contributed by atoms with van der Waals surface area (Å²) in [5.41, 5.74) is 7.24. The maximum atomic E-state index is 9.11. The van der Waals surface area contributed by atoms with Crippen LogP contribution in [0.3, 0.4) is 0 Å². The molecule has 18 heavy (non-hydrogen) atoms. The van der Waals surface area contributed by atoms with Crippen LogP contribution in [0.15, 0.2) is 42.7 Å². The minimum Gasteiger partial charge on any atom is -0.396 e. The largest absolute Gasteiger partial charge is 0.396 e. The SMILES string of the molecule is Nc1cnc(N(CCO)Cc2ccccc2)nc1. The van der Waals surface area contributed by atoms with Crippen molar-refractivity contribution in [2.45, 2.75) is 6.54 Å². The van der Waals surface area contributed by atoms with Crippen molar-refractivity contribution >= 4 is 11.6 Å². The molecular formula is C13H16N4O. The van der Waals surface area contributed by atoms with Crippen LogP contribution < -0.4 is 10.6 Å². The zero-order valence-corrected chi connectivity index (χ0v) is 10.0. The lowest BCUT2D eigenvalue weighted by Gasteiger charge is -2.21. The molecule has 0 amide bonds. The zero-order chi connectivity index (χ0) is 12.8. The van der Waals surface area contributed by atoms with Gasteiger partial charge in [-0.2, -0.15) is 0 Å². The fraction of sp³-hybridized carbons (Fsp3) is 0.231. The Labute approximate surface area is 106 Å². The highest BCUT2D eigenvalue weighted by Gasteiger charge is 2.09. The van der Waals surface area contributed by atoms with Crippen LogP contribution in [-0.2, 0) is 6.54 Å². The van der Waals surface area contributed by atoms with Gasteiger partial charge < -0.3 is 15.7 Å². The van der Waals surface area contributed by atoms with E-state index in [0.717, 1.165) is 5.56 Å². The first-order valence-corrected chi connectivity index (χ1v) is 5.77. The van der Waals surface area contributed by atoms with Crippen LogP contribution in [0.2, 0.25) is 0 Å². The third kappa shape index (κ3) is 3.18. The van der Waals surface area contributed by atoms with Gasteiger partial charge in [-0.15, -0.1) is 0 Å². The minimum atomic E-state index is 0.0561. The predicted octanol–water partition coefficient (Wildman–Crippen LogP) is 1.06. The fourth-order valence-corrected chi connectivity index (χ4v) is 1.67. The Bertz CT molecular complexity index is 472. The molecule has 0 radical (unpaired) electrons. The molecule has 0 saturated heterocycles. The molecule has 0 aliphatic carbocycles. The Morgan fingerprint density at radius 3 is 2.39 bits per heavy atom. The highest BCUT2D eigenvalue weighted by molar-refractivity contribution is 5.38. The van der Waals surface area contributed by atoms with Crippen molar-refractivity contribution in [1.29, 1.82) is 0 Å². The van der Waals surface area contributed by atoms with Crippen molar-refractivity contribution in [3.63, 3.8) is 0 Å². The Morgan fingerprint density at radius 1 is 1.11 bits per heavy atom. The number of aromatic nitrogens is 2. The zero-order valence-electron chi connectivity index (χ0n) is 10.0. The summed E-state index contributed by atoms with van der Waals surface area (Å²) in [6.45, 7) is 1.20. The molecule has 0 spiro atoms. The molecule has 1 heterocycles. The van der Waals surface area contributed by atoms with Crippen LogP contribution in [-0.4, -0.2) is 28.2 Å². The number of hydrogen-bond donors (Lipinski definition) is 2. The Balaban J connectivity index is 2.15. The topological polar surface area (TPSA) is 75.3 Å². The van der Waals surface area contributed by atoms with Crippen LogP contribution >= 0.6 is 0 Å². The summed E-state index contributed by atoms with van der Waals surface area (Å²) < 4.78 is 0. The molecule has 0 bridgehead atoms. The van der Waals surface area contributed by atoms with E-state index in [2.05, 4.69) is 9.97 Å². The molecule has 3 N–H and O–H groups in total. The highest BCUT2D eigenvalue weighted by atomic mass is 16.3. The van der Waals surface area contributed by atoms with E-state index in [9.17, 15) is 0 Å².